The molecule has 104 valence electrons. The van der Waals surface area contributed by atoms with Crippen LogP contribution in [-0.2, 0) is 11.2 Å². The molecule has 1 amide bonds. The van der Waals surface area contributed by atoms with E-state index in [1.54, 1.807) is 30.3 Å². The molecule has 2 aromatic rings. The van der Waals surface area contributed by atoms with Gasteiger partial charge in [-0.3, -0.25) is 4.79 Å². The van der Waals surface area contributed by atoms with Gasteiger partial charge in [-0.25, -0.2) is 0 Å². The summed E-state index contributed by atoms with van der Waals surface area (Å²) >= 11 is 18.1. The lowest BCUT2D eigenvalue weighted by molar-refractivity contribution is -0.115. The molecule has 0 aliphatic carbocycles. The van der Waals surface area contributed by atoms with E-state index in [0.717, 1.165) is 5.56 Å². The number of benzene rings is 2. The first kappa shape index (κ1) is 15.2. The summed E-state index contributed by atoms with van der Waals surface area (Å²) in [7, 11) is 0. The Morgan fingerprint density at radius 1 is 1.05 bits per heavy atom. The van der Waals surface area contributed by atoms with Gasteiger partial charge in [0.1, 0.15) is 0 Å². The van der Waals surface area contributed by atoms with Crippen LogP contribution < -0.4 is 5.32 Å². The van der Waals surface area contributed by atoms with Crippen molar-refractivity contribution in [3.63, 3.8) is 0 Å². The van der Waals surface area contributed by atoms with Gasteiger partial charge in [0.15, 0.2) is 0 Å². The maximum absolute atomic E-state index is 12.0. The minimum Gasteiger partial charge on any atom is -0.324 e. The SMILES string of the molecule is Cc1ccc(NC(=O)Cc2c(Cl)cccc2Cl)c(Cl)c1. The summed E-state index contributed by atoms with van der Waals surface area (Å²) < 4.78 is 0. The highest BCUT2D eigenvalue weighted by molar-refractivity contribution is 6.36. The summed E-state index contributed by atoms with van der Waals surface area (Å²) in [4.78, 5) is 12.0. The van der Waals surface area contributed by atoms with Crippen molar-refractivity contribution in [1.82, 2.24) is 0 Å². The largest absolute Gasteiger partial charge is 0.324 e. The van der Waals surface area contributed by atoms with Crippen LogP contribution in [-0.4, -0.2) is 5.91 Å². The number of halogens is 3. The number of amides is 1. The first-order valence-corrected chi connectivity index (χ1v) is 7.09. The quantitative estimate of drug-likeness (QED) is 0.830. The van der Waals surface area contributed by atoms with Crippen molar-refractivity contribution >= 4 is 46.4 Å². The van der Waals surface area contributed by atoms with Crippen molar-refractivity contribution in [2.24, 2.45) is 0 Å². The van der Waals surface area contributed by atoms with E-state index in [0.29, 0.717) is 26.3 Å². The smallest absolute Gasteiger partial charge is 0.228 e. The van der Waals surface area contributed by atoms with Gasteiger partial charge in [0.05, 0.1) is 17.1 Å². The number of anilines is 1. The van der Waals surface area contributed by atoms with Gasteiger partial charge < -0.3 is 5.32 Å². The predicted molar refractivity (Wildman–Crippen MR) is 85.0 cm³/mol. The summed E-state index contributed by atoms with van der Waals surface area (Å²) in [6.45, 7) is 1.93. The molecule has 0 aromatic heterocycles. The molecule has 2 rings (SSSR count). The summed E-state index contributed by atoms with van der Waals surface area (Å²) in [6, 6.07) is 10.6. The van der Waals surface area contributed by atoms with E-state index in [9.17, 15) is 4.79 Å². The standard InChI is InChI=1S/C15H12Cl3NO/c1-9-5-6-14(13(18)7-9)19-15(20)8-10-11(16)3-2-4-12(10)17/h2-7H,8H2,1H3,(H,19,20). The monoisotopic (exact) mass is 327 g/mol. The summed E-state index contributed by atoms with van der Waals surface area (Å²) in [5.41, 5.74) is 2.21. The molecule has 0 bridgehead atoms. The zero-order valence-electron chi connectivity index (χ0n) is 10.7. The summed E-state index contributed by atoms with van der Waals surface area (Å²) in [6.07, 6.45) is 0.0999. The van der Waals surface area contributed by atoms with Crippen LogP contribution in [0.3, 0.4) is 0 Å². The van der Waals surface area contributed by atoms with Crippen LogP contribution in [0.2, 0.25) is 15.1 Å². The fourth-order valence-corrected chi connectivity index (χ4v) is 2.59. The molecule has 0 fully saturated rings. The van der Waals surface area contributed by atoms with Crippen LogP contribution in [0.4, 0.5) is 5.69 Å². The van der Waals surface area contributed by atoms with Crippen LogP contribution in [0, 0.1) is 6.92 Å². The van der Waals surface area contributed by atoms with Crippen LogP contribution in [0.25, 0.3) is 0 Å². The molecule has 0 heterocycles. The Morgan fingerprint density at radius 3 is 2.30 bits per heavy atom. The third kappa shape index (κ3) is 3.66. The zero-order valence-corrected chi connectivity index (χ0v) is 13.0. The van der Waals surface area contributed by atoms with E-state index in [2.05, 4.69) is 5.32 Å². The van der Waals surface area contributed by atoms with Crippen LogP contribution in [0.1, 0.15) is 11.1 Å². The number of rotatable bonds is 3. The number of hydrogen-bond acceptors (Lipinski definition) is 1. The normalized spacial score (nSPS) is 10.4. The fourth-order valence-electron chi connectivity index (χ4n) is 1.78. The van der Waals surface area contributed by atoms with E-state index in [1.807, 2.05) is 13.0 Å². The van der Waals surface area contributed by atoms with Crippen molar-refractivity contribution in [2.45, 2.75) is 13.3 Å². The lowest BCUT2D eigenvalue weighted by atomic mass is 10.1. The molecule has 0 aliphatic heterocycles. The Balaban J connectivity index is 2.13. The highest BCUT2D eigenvalue weighted by Crippen LogP contribution is 2.26. The number of carbonyl (C=O) groups is 1. The van der Waals surface area contributed by atoms with Gasteiger partial charge >= 0.3 is 0 Å². The Kier molecular flexibility index (Phi) is 4.92. The topological polar surface area (TPSA) is 29.1 Å². The van der Waals surface area contributed by atoms with Gasteiger partial charge in [-0.15, -0.1) is 0 Å². The minimum atomic E-state index is -0.217. The second kappa shape index (κ2) is 6.49. The molecule has 0 saturated heterocycles. The minimum absolute atomic E-state index is 0.0999. The van der Waals surface area contributed by atoms with Gasteiger partial charge in [-0.1, -0.05) is 46.9 Å². The Hall–Kier alpha value is -1.22. The first-order chi connectivity index (χ1) is 9.47. The maximum Gasteiger partial charge on any atom is 0.228 e. The number of carbonyl (C=O) groups excluding carboxylic acids is 1. The van der Waals surface area contributed by atoms with Crippen LogP contribution >= 0.6 is 34.8 Å². The number of hydrogen-bond donors (Lipinski definition) is 1. The highest BCUT2D eigenvalue weighted by Gasteiger charge is 2.12. The second-order valence-corrected chi connectivity index (χ2v) is 5.63. The molecular weight excluding hydrogens is 317 g/mol. The van der Waals surface area contributed by atoms with Gasteiger partial charge in [0.25, 0.3) is 0 Å². The predicted octanol–water partition coefficient (Wildman–Crippen LogP) is 5.14. The fraction of sp³-hybridized carbons (Fsp3) is 0.133. The van der Waals surface area contributed by atoms with E-state index in [1.165, 1.54) is 0 Å². The van der Waals surface area contributed by atoms with E-state index in [4.69, 9.17) is 34.8 Å². The van der Waals surface area contributed by atoms with Gasteiger partial charge in [0, 0.05) is 10.0 Å². The molecule has 0 unspecified atom stereocenters. The molecule has 5 heteroatoms. The van der Waals surface area contributed by atoms with E-state index >= 15 is 0 Å². The van der Waals surface area contributed by atoms with Crippen molar-refractivity contribution in [1.29, 1.82) is 0 Å². The molecular formula is C15H12Cl3NO. The molecule has 0 atom stereocenters. The van der Waals surface area contributed by atoms with Gasteiger partial charge in [-0.2, -0.15) is 0 Å². The Labute approximate surface area is 132 Å². The number of nitrogens with one attached hydrogen (secondary N) is 1. The summed E-state index contributed by atoms with van der Waals surface area (Å²) in [5.74, 6) is -0.217. The zero-order chi connectivity index (χ0) is 14.7. The van der Waals surface area contributed by atoms with Crippen molar-refractivity contribution in [3.05, 3.63) is 62.6 Å². The molecule has 0 radical (unpaired) electrons. The molecule has 1 N–H and O–H groups in total. The van der Waals surface area contributed by atoms with Crippen LogP contribution in [0.15, 0.2) is 36.4 Å². The summed E-state index contributed by atoms with van der Waals surface area (Å²) in [5, 5.41) is 4.20. The average molecular weight is 329 g/mol. The molecule has 0 spiro atoms. The number of aryl methyl sites for hydroxylation is 1. The third-order valence-corrected chi connectivity index (χ3v) is 3.82. The lowest BCUT2D eigenvalue weighted by Gasteiger charge is -2.10. The Bertz CT molecular complexity index is 635. The van der Waals surface area contributed by atoms with E-state index < -0.39 is 0 Å². The van der Waals surface area contributed by atoms with Gasteiger partial charge in [0.2, 0.25) is 5.91 Å². The molecule has 0 saturated carbocycles. The van der Waals surface area contributed by atoms with Crippen molar-refractivity contribution in [2.75, 3.05) is 5.32 Å². The van der Waals surface area contributed by atoms with Crippen LogP contribution in [0.5, 0.6) is 0 Å². The molecule has 2 aromatic carbocycles. The van der Waals surface area contributed by atoms with Gasteiger partial charge in [-0.05, 0) is 42.3 Å². The molecule has 0 aliphatic rings. The van der Waals surface area contributed by atoms with Crippen molar-refractivity contribution < 1.29 is 4.79 Å². The van der Waals surface area contributed by atoms with Crippen molar-refractivity contribution in [3.8, 4) is 0 Å². The molecule has 20 heavy (non-hydrogen) atoms. The second-order valence-electron chi connectivity index (χ2n) is 4.41. The average Bonchev–Trinajstić information content (AvgIpc) is 2.37. The highest BCUT2D eigenvalue weighted by atomic mass is 35.5. The molecule has 2 nitrogen and oxygen atoms in total. The van der Waals surface area contributed by atoms with E-state index in [-0.39, 0.29) is 12.3 Å². The maximum atomic E-state index is 12.0. The Morgan fingerprint density at radius 2 is 1.70 bits per heavy atom. The lowest BCUT2D eigenvalue weighted by Crippen LogP contribution is -2.15. The first-order valence-electron chi connectivity index (χ1n) is 5.96. The third-order valence-electron chi connectivity index (χ3n) is 2.80.